The molecule has 5 heteroatoms. The number of amides is 1. The summed E-state index contributed by atoms with van der Waals surface area (Å²) in [5.74, 6) is -0.242. The summed E-state index contributed by atoms with van der Waals surface area (Å²) in [5.41, 5.74) is 2.61. The number of alkyl halides is 3. The Labute approximate surface area is 133 Å². The summed E-state index contributed by atoms with van der Waals surface area (Å²) in [6.45, 7) is 3.91. The van der Waals surface area contributed by atoms with Gasteiger partial charge in [0.2, 0.25) is 5.91 Å². The molecule has 0 atom stereocenters. The van der Waals surface area contributed by atoms with E-state index >= 15 is 0 Å². The van der Waals surface area contributed by atoms with Gasteiger partial charge < -0.3 is 5.32 Å². The van der Waals surface area contributed by atoms with Gasteiger partial charge in [-0.1, -0.05) is 37.3 Å². The van der Waals surface area contributed by atoms with E-state index in [2.05, 4.69) is 5.32 Å². The molecule has 0 aliphatic carbocycles. The fourth-order valence-corrected chi connectivity index (χ4v) is 2.38. The number of para-hydroxylation sites is 1. The number of rotatable bonds is 4. The summed E-state index contributed by atoms with van der Waals surface area (Å²) in [4.78, 5) is 12.2. The van der Waals surface area contributed by atoms with Crippen molar-refractivity contribution in [2.45, 2.75) is 32.9 Å². The summed E-state index contributed by atoms with van der Waals surface area (Å²) < 4.78 is 37.6. The highest BCUT2D eigenvalue weighted by Gasteiger charge is 2.29. The van der Waals surface area contributed by atoms with Crippen molar-refractivity contribution in [2.24, 2.45) is 0 Å². The normalized spacial score (nSPS) is 11.3. The molecule has 1 N–H and O–H groups in total. The summed E-state index contributed by atoms with van der Waals surface area (Å²) in [7, 11) is 0. The summed E-state index contributed by atoms with van der Waals surface area (Å²) in [6.07, 6.45) is -3.54. The molecule has 0 aliphatic rings. The number of aryl methyl sites for hydroxylation is 2. The highest BCUT2D eigenvalue weighted by atomic mass is 19.4. The van der Waals surface area contributed by atoms with Crippen molar-refractivity contribution in [3.8, 4) is 0 Å². The molecule has 0 aliphatic heterocycles. The van der Waals surface area contributed by atoms with Gasteiger partial charge in [-0.25, -0.2) is 0 Å². The zero-order chi connectivity index (χ0) is 17.0. The Hall–Kier alpha value is -2.30. The van der Waals surface area contributed by atoms with Gasteiger partial charge in [-0.3, -0.25) is 4.79 Å². The van der Waals surface area contributed by atoms with Gasteiger partial charge in [0.25, 0.3) is 0 Å². The maximum absolute atomic E-state index is 12.5. The molecule has 0 heterocycles. The lowest BCUT2D eigenvalue weighted by Crippen LogP contribution is -2.16. The van der Waals surface area contributed by atoms with E-state index < -0.39 is 11.7 Å². The van der Waals surface area contributed by atoms with E-state index in [-0.39, 0.29) is 12.3 Å². The van der Waals surface area contributed by atoms with Crippen LogP contribution in [0.3, 0.4) is 0 Å². The molecule has 23 heavy (non-hydrogen) atoms. The molecule has 0 saturated heterocycles. The van der Waals surface area contributed by atoms with Gasteiger partial charge in [0.05, 0.1) is 12.0 Å². The van der Waals surface area contributed by atoms with Gasteiger partial charge in [-0.15, -0.1) is 0 Å². The third-order valence-electron chi connectivity index (χ3n) is 3.65. The smallest absolute Gasteiger partial charge is 0.325 e. The molecule has 2 aromatic rings. The average molecular weight is 321 g/mol. The van der Waals surface area contributed by atoms with Gasteiger partial charge in [0, 0.05) is 5.69 Å². The molecule has 122 valence electrons. The van der Waals surface area contributed by atoms with Crippen LogP contribution in [-0.2, 0) is 23.8 Å². The van der Waals surface area contributed by atoms with Crippen LogP contribution in [-0.4, -0.2) is 5.91 Å². The van der Waals surface area contributed by atoms with Crippen LogP contribution in [0.5, 0.6) is 0 Å². The topological polar surface area (TPSA) is 29.1 Å². The number of hydrogen-bond donors (Lipinski definition) is 1. The molecule has 2 rings (SSSR count). The third kappa shape index (κ3) is 4.34. The van der Waals surface area contributed by atoms with Crippen LogP contribution >= 0.6 is 0 Å². The van der Waals surface area contributed by atoms with E-state index in [1.165, 1.54) is 12.1 Å². The minimum Gasteiger partial charge on any atom is -0.325 e. The standard InChI is InChI=1S/C18H18F3NO/c1-3-14-6-4-5-12(2)17(14)22-16(23)11-13-7-9-15(10-8-13)18(19,20)21/h4-10H,3,11H2,1-2H3,(H,22,23). The number of anilines is 1. The largest absolute Gasteiger partial charge is 0.416 e. The molecule has 1 amide bonds. The van der Waals surface area contributed by atoms with E-state index in [1.54, 1.807) is 0 Å². The first kappa shape index (κ1) is 17.1. The van der Waals surface area contributed by atoms with Gasteiger partial charge in [0.1, 0.15) is 0 Å². The van der Waals surface area contributed by atoms with Crippen LogP contribution in [0.15, 0.2) is 42.5 Å². The first-order valence-electron chi connectivity index (χ1n) is 7.35. The Morgan fingerprint density at radius 2 is 1.74 bits per heavy atom. The summed E-state index contributed by atoms with van der Waals surface area (Å²) in [5, 5.41) is 2.86. The zero-order valence-electron chi connectivity index (χ0n) is 13.0. The zero-order valence-corrected chi connectivity index (χ0v) is 13.0. The molecule has 0 fully saturated rings. The van der Waals surface area contributed by atoms with E-state index in [4.69, 9.17) is 0 Å². The first-order chi connectivity index (χ1) is 10.8. The van der Waals surface area contributed by atoms with E-state index in [1.807, 2.05) is 32.0 Å². The van der Waals surface area contributed by atoms with Crippen LogP contribution < -0.4 is 5.32 Å². The number of carbonyl (C=O) groups is 1. The molecule has 2 nitrogen and oxygen atoms in total. The van der Waals surface area contributed by atoms with Crippen molar-refractivity contribution in [1.29, 1.82) is 0 Å². The third-order valence-corrected chi connectivity index (χ3v) is 3.65. The number of halogens is 3. The van der Waals surface area contributed by atoms with Crippen molar-refractivity contribution in [3.63, 3.8) is 0 Å². The molecular weight excluding hydrogens is 303 g/mol. The second-order valence-corrected chi connectivity index (χ2v) is 5.38. The maximum atomic E-state index is 12.5. The fourth-order valence-electron chi connectivity index (χ4n) is 2.38. The molecule has 0 bridgehead atoms. The molecule has 0 unspecified atom stereocenters. The van der Waals surface area contributed by atoms with Crippen molar-refractivity contribution < 1.29 is 18.0 Å². The van der Waals surface area contributed by atoms with E-state index in [9.17, 15) is 18.0 Å². The van der Waals surface area contributed by atoms with Crippen molar-refractivity contribution in [1.82, 2.24) is 0 Å². The molecule has 0 radical (unpaired) electrons. The highest BCUT2D eigenvalue weighted by Crippen LogP contribution is 2.29. The second-order valence-electron chi connectivity index (χ2n) is 5.38. The SMILES string of the molecule is CCc1cccc(C)c1NC(=O)Cc1ccc(C(F)(F)F)cc1. The summed E-state index contributed by atoms with van der Waals surface area (Å²) in [6, 6.07) is 10.4. The van der Waals surface area contributed by atoms with Gasteiger partial charge >= 0.3 is 6.18 Å². The Morgan fingerprint density at radius 3 is 2.30 bits per heavy atom. The van der Waals surface area contributed by atoms with Crippen LogP contribution in [0.4, 0.5) is 18.9 Å². The van der Waals surface area contributed by atoms with Crippen LogP contribution in [0.25, 0.3) is 0 Å². The highest BCUT2D eigenvalue weighted by molar-refractivity contribution is 5.93. The minimum atomic E-state index is -4.36. The van der Waals surface area contributed by atoms with Crippen LogP contribution in [0.1, 0.15) is 29.2 Å². The fraction of sp³-hybridized carbons (Fsp3) is 0.278. The van der Waals surface area contributed by atoms with Crippen LogP contribution in [0, 0.1) is 6.92 Å². The molecule has 2 aromatic carbocycles. The molecule has 0 spiro atoms. The molecule has 0 aromatic heterocycles. The number of nitrogens with one attached hydrogen (secondary N) is 1. The predicted octanol–water partition coefficient (Wildman–Crippen LogP) is 4.76. The Balaban J connectivity index is 2.09. The number of hydrogen-bond acceptors (Lipinski definition) is 1. The number of benzene rings is 2. The first-order valence-corrected chi connectivity index (χ1v) is 7.35. The molecule has 0 saturated carbocycles. The Bertz CT molecular complexity index is 690. The minimum absolute atomic E-state index is 0.0373. The second kappa shape index (κ2) is 6.86. The molecular formula is C18H18F3NO. The van der Waals surface area contributed by atoms with Gasteiger partial charge in [-0.2, -0.15) is 13.2 Å². The predicted molar refractivity (Wildman–Crippen MR) is 84.3 cm³/mol. The lowest BCUT2D eigenvalue weighted by atomic mass is 10.0. The van der Waals surface area contributed by atoms with Gasteiger partial charge in [-0.05, 0) is 42.2 Å². The van der Waals surface area contributed by atoms with Crippen molar-refractivity contribution in [2.75, 3.05) is 5.32 Å². The maximum Gasteiger partial charge on any atom is 0.416 e. The van der Waals surface area contributed by atoms with E-state index in [0.29, 0.717) is 5.56 Å². The number of carbonyl (C=O) groups excluding carboxylic acids is 1. The van der Waals surface area contributed by atoms with E-state index in [0.717, 1.165) is 35.4 Å². The quantitative estimate of drug-likeness (QED) is 0.864. The Morgan fingerprint density at radius 1 is 1.09 bits per heavy atom. The summed E-state index contributed by atoms with van der Waals surface area (Å²) >= 11 is 0. The Kier molecular flexibility index (Phi) is 5.08. The lowest BCUT2D eigenvalue weighted by Gasteiger charge is -2.13. The lowest BCUT2D eigenvalue weighted by molar-refractivity contribution is -0.137. The van der Waals surface area contributed by atoms with Crippen molar-refractivity contribution >= 4 is 11.6 Å². The monoisotopic (exact) mass is 321 g/mol. The van der Waals surface area contributed by atoms with Gasteiger partial charge in [0.15, 0.2) is 0 Å². The average Bonchev–Trinajstić information content (AvgIpc) is 2.49. The van der Waals surface area contributed by atoms with Crippen molar-refractivity contribution in [3.05, 3.63) is 64.7 Å². The van der Waals surface area contributed by atoms with Crippen LogP contribution in [0.2, 0.25) is 0 Å².